The third-order valence-corrected chi connectivity index (χ3v) is 2.82. The number of nitrogens with one attached hydrogen (secondary N) is 2. The fourth-order valence-electron chi connectivity index (χ4n) is 1.62. The summed E-state index contributed by atoms with van der Waals surface area (Å²) in [5, 5.41) is 14.0. The summed E-state index contributed by atoms with van der Waals surface area (Å²) in [4.78, 5) is 34.0. The van der Waals surface area contributed by atoms with Gasteiger partial charge in [-0.15, -0.1) is 0 Å². The number of carbonyl (C=O) groups is 3. The lowest BCUT2D eigenvalue weighted by Crippen LogP contribution is -2.44. The second kappa shape index (κ2) is 11.1. The molecule has 0 aliphatic carbocycles. The summed E-state index contributed by atoms with van der Waals surface area (Å²) in [5.74, 6) is -1.93. The molecular formula is C14H26N2O5. The summed E-state index contributed by atoms with van der Waals surface area (Å²) in [6, 6.07) is -0.924. The summed E-state index contributed by atoms with van der Waals surface area (Å²) in [5.41, 5.74) is 0. The first-order chi connectivity index (χ1) is 9.88. The predicted octanol–water partition coefficient (Wildman–Crippen LogP) is 0.535. The van der Waals surface area contributed by atoms with E-state index in [1.54, 1.807) is 13.8 Å². The van der Waals surface area contributed by atoms with Crippen molar-refractivity contribution in [2.75, 3.05) is 19.8 Å². The van der Waals surface area contributed by atoms with Gasteiger partial charge >= 0.3 is 5.97 Å². The van der Waals surface area contributed by atoms with Gasteiger partial charge in [0.25, 0.3) is 0 Å². The molecule has 0 aromatic heterocycles. The third kappa shape index (κ3) is 9.84. The lowest BCUT2D eigenvalue weighted by molar-refractivity contribution is -0.143. The summed E-state index contributed by atoms with van der Waals surface area (Å²) < 4.78 is 5.13. The number of aliphatic carboxylic acids is 1. The number of ether oxygens (including phenoxy) is 1. The summed E-state index contributed by atoms with van der Waals surface area (Å²) in [6.07, 6.45) is 0.749. The van der Waals surface area contributed by atoms with Gasteiger partial charge in [-0.3, -0.25) is 9.59 Å². The number of rotatable bonds is 11. The van der Waals surface area contributed by atoms with Crippen molar-refractivity contribution in [3.63, 3.8) is 0 Å². The Morgan fingerprint density at radius 1 is 1.14 bits per heavy atom. The van der Waals surface area contributed by atoms with E-state index in [2.05, 4.69) is 10.6 Å². The van der Waals surface area contributed by atoms with Gasteiger partial charge in [-0.2, -0.15) is 0 Å². The van der Waals surface area contributed by atoms with E-state index in [1.165, 1.54) is 0 Å². The first-order valence-electron chi connectivity index (χ1n) is 7.25. The standard InChI is InChI=1S/C14H26N2O5/c1-4-21-9-5-8-15-11(17)6-7-12(18)16-13(10(2)3)14(19)20/h10,13H,4-9H2,1-3H3,(H,15,17)(H,16,18)(H,19,20). The van der Waals surface area contributed by atoms with Gasteiger partial charge in [0, 0.05) is 32.6 Å². The monoisotopic (exact) mass is 302 g/mol. The first kappa shape index (κ1) is 19.4. The van der Waals surface area contributed by atoms with Crippen LogP contribution >= 0.6 is 0 Å². The van der Waals surface area contributed by atoms with E-state index in [-0.39, 0.29) is 24.7 Å². The number of carbonyl (C=O) groups excluding carboxylic acids is 2. The molecule has 1 unspecified atom stereocenters. The quantitative estimate of drug-likeness (QED) is 0.483. The number of carboxylic acids is 1. The first-order valence-corrected chi connectivity index (χ1v) is 7.25. The maximum absolute atomic E-state index is 11.6. The molecule has 0 saturated carbocycles. The van der Waals surface area contributed by atoms with E-state index in [0.29, 0.717) is 19.8 Å². The molecule has 0 aromatic carbocycles. The maximum atomic E-state index is 11.6. The van der Waals surface area contributed by atoms with Crippen molar-refractivity contribution in [2.45, 2.75) is 46.1 Å². The second-order valence-corrected chi connectivity index (χ2v) is 5.03. The van der Waals surface area contributed by atoms with Crippen molar-refractivity contribution in [2.24, 2.45) is 5.92 Å². The highest BCUT2D eigenvalue weighted by Gasteiger charge is 2.23. The third-order valence-electron chi connectivity index (χ3n) is 2.82. The van der Waals surface area contributed by atoms with Crippen LogP contribution in [0, 0.1) is 5.92 Å². The largest absolute Gasteiger partial charge is 0.480 e. The smallest absolute Gasteiger partial charge is 0.326 e. The Kier molecular flexibility index (Phi) is 10.2. The fourth-order valence-corrected chi connectivity index (χ4v) is 1.62. The molecule has 0 bridgehead atoms. The van der Waals surface area contributed by atoms with Crippen LogP contribution in [0.25, 0.3) is 0 Å². The molecule has 1 atom stereocenters. The Labute approximate surface area is 125 Å². The lowest BCUT2D eigenvalue weighted by Gasteiger charge is -2.17. The number of hydrogen-bond acceptors (Lipinski definition) is 4. The SMILES string of the molecule is CCOCCCNC(=O)CCC(=O)NC(C(=O)O)C(C)C. The highest BCUT2D eigenvalue weighted by molar-refractivity contribution is 5.86. The van der Waals surface area contributed by atoms with Gasteiger partial charge in [0.1, 0.15) is 6.04 Å². The summed E-state index contributed by atoms with van der Waals surface area (Å²) >= 11 is 0. The molecule has 21 heavy (non-hydrogen) atoms. The van der Waals surface area contributed by atoms with Gasteiger partial charge in [0.15, 0.2) is 0 Å². The number of carboxylic acid groups (broad SMARTS) is 1. The number of hydrogen-bond donors (Lipinski definition) is 3. The minimum atomic E-state index is -1.07. The van der Waals surface area contributed by atoms with Gasteiger partial charge in [0.2, 0.25) is 11.8 Å². The predicted molar refractivity (Wildman–Crippen MR) is 77.8 cm³/mol. The van der Waals surface area contributed by atoms with E-state index in [4.69, 9.17) is 9.84 Å². The molecule has 3 N–H and O–H groups in total. The molecule has 2 amide bonds. The Bertz CT molecular complexity index is 344. The van der Waals surface area contributed by atoms with Gasteiger partial charge in [-0.25, -0.2) is 4.79 Å². The fraction of sp³-hybridized carbons (Fsp3) is 0.786. The van der Waals surface area contributed by atoms with E-state index in [0.717, 1.165) is 6.42 Å². The second-order valence-electron chi connectivity index (χ2n) is 5.03. The van der Waals surface area contributed by atoms with Crippen molar-refractivity contribution in [3.05, 3.63) is 0 Å². The maximum Gasteiger partial charge on any atom is 0.326 e. The molecule has 0 fully saturated rings. The van der Waals surface area contributed by atoms with Crippen LogP contribution in [0.4, 0.5) is 0 Å². The normalized spacial score (nSPS) is 12.0. The molecule has 0 heterocycles. The topological polar surface area (TPSA) is 105 Å². The Morgan fingerprint density at radius 2 is 1.76 bits per heavy atom. The summed E-state index contributed by atoms with van der Waals surface area (Å²) in [6.45, 7) is 7.07. The van der Waals surface area contributed by atoms with E-state index >= 15 is 0 Å². The minimum Gasteiger partial charge on any atom is -0.480 e. The lowest BCUT2D eigenvalue weighted by atomic mass is 10.0. The Hall–Kier alpha value is -1.63. The Balaban J connectivity index is 3.86. The zero-order valence-electron chi connectivity index (χ0n) is 13.0. The van der Waals surface area contributed by atoms with E-state index in [9.17, 15) is 14.4 Å². The van der Waals surface area contributed by atoms with Crippen LogP contribution in [-0.4, -0.2) is 48.7 Å². The van der Waals surface area contributed by atoms with Crippen molar-refractivity contribution in [1.29, 1.82) is 0 Å². The van der Waals surface area contributed by atoms with Crippen molar-refractivity contribution in [3.8, 4) is 0 Å². The van der Waals surface area contributed by atoms with Crippen molar-refractivity contribution < 1.29 is 24.2 Å². The average Bonchev–Trinajstić information content (AvgIpc) is 2.41. The molecule has 0 rings (SSSR count). The van der Waals surface area contributed by atoms with Crippen molar-refractivity contribution in [1.82, 2.24) is 10.6 Å². The van der Waals surface area contributed by atoms with Crippen LogP contribution in [-0.2, 0) is 19.1 Å². The molecule has 122 valence electrons. The average molecular weight is 302 g/mol. The Morgan fingerprint density at radius 3 is 2.29 bits per heavy atom. The zero-order valence-corrected chi connectivity index (χ0v) is 13.0. The van der Waals surface area contributed by atoms with Gasteiger partial charge < -0.3 is 20.5 Å². The van der Waals surface area contributed by atoms with Crippen LogP contribution in [0.5, 0.6) is 0 Å². The molecule has 0 saturated heterocycles. The molecule has 0 aliphatic heterocycles. The minimum absolute atomic E-state index is 0.0200. The van der Waals surface area contributed by atoms with Crippen LogP contribution in [0.2, 0.25) is 0 Å². The molecule has 0 aliphatic rings. The molecule has 0 aromatic rings. The van der Waals surface area contributed by atoms with Gasteiger partial charge in [0.05, 0.1) is 0 Å². The van der Waals surface area contributed by atoms with Crippen LogP contribution in [0.1, 0.15) is 40.0 Å². The van der Waals surface area contributed by atoms with Gasteiger partial charge in [-0.1, -0.05) is 13.8 Å². The molecular weight excluding hydrogens is 276 g/mol. The molecule has 0 radical (unpaired) electrons. The van der Waals surface area contributed by atoms with E-state index < -0.39 is 17.9 Å². The van der Waals surface area contributed by atoms with Crippen molar-refractivity contribution >= 4 is 17.8 Å². The van der Waals surface area contributed by atoms with Gasteiger partial charge in [-0.05, 0) is 19.3 Å². The van der Waals surface area contributed by atoms with Crippen LogP contribution in [0.15, 0.2) is 0 Å². The molecule has 0 spiro atoms. The molecule has 7 nitrogen and oxygen atoms in total. The highest BCUT2D eigenvalue weighted by atomic mass is 16.5. The van der Waals surface area contributed by atoms with E-state index in [1.807, 2.05) is 6.92 Å². The summed E-state index contributed by atoms with van der Waals surface area (Å²) in [7, 11) is 0. The van der Waals surface area contributed by atoms with Crippen LogP contribution < -0.4 is 10.6 Å². The van der Waals surface area contributed by atoms with Crippen LogP contribution in [0.3, 0.4) is 0 Å². The zero-order chi connectivity index (χ0) is 16.3. The number of amides is 2. The molecule has 7 heteroatoms. The highest BCUT2D eigenvalue weighted by Crippen LogP contribution is 2.02.